The SMILES string of the molecule is O=C(O)[C@]12CCOC[C@H]1CN(c1ccc3cc(Cl)ccc3n1)C2. The van der Waals surface area contributed by atoms with Crippen LogP contribution in [-0.2, 0) is 9.53 Å². The van der Waals surface area contributed by atoms with Gasteiger partial charge in [0.15, 0.2) is 0 Å². The molecular weight excluding hydrogens is 316 g/mol. The molecule has 0 radical (unpaired) electrons. The molecule has 0 aliphatic carbocycles. The van der Waals surface area contributed by atoms with Gasteiger partial charge in [0, 0.05) is 36.0 Å². The first kappa shape index (κ1) is 14.7. The Kier molecular flexibility index (Phi) is 3.43. The highest BCUT2D eigenvalue weighted by atomic mass is 35.5. The summed E-state index contributed by atoms with van der Waals surface area (Å²) in [5.74, 6) is 0.104. The van der Waals surface area contributed by atoms with Crippen LogP contribution in [-0.4, -0.2) is 42.4 Å². The smallest absolute Gasteiger partial charge is 0.311 e. The number of aromatic nitrogens is 1. The highest BCUT2D eigenvalue weighted by Crippen LogP contribution is 2.43. The monoisotopic (exact) mass is 332 g/mol. The average Bonchev–Trinajstić information content (AvgIpc) is 2.95. The van der Waals surface area contributed by atoms with Crippen LogP contribution < -0.4 is 4.90 Å². The molecule has 2 aliphatic rings. The van der Waals surface area contributed by atoms with Crippen molar-refractivity contribution in [1.29, 1.82) is 0 Å². The summed E-state index contributed by atoms with van der Waals surface area (Å²) < 4.78 is 5.50. The van der Waals surface area contributed by atoms with E-state index in [9.17, 15) is 9.90 Å². The molecule has 2 atom stereocenters. The van der Waals surface area contributed by atoms with Gasteiger partial charge in [-0.05, 0) is 36.8 Å². The van der Waals surface area contributed by atoms with E-state index in [-0.39, 0.29) is 5.92 Å². The van der Waals surface area contributed by atoms with Crippen molar-refractivity contribution >= 4 is 34.3 Å². The number of aliphatic carboxylic acids is 1. The molecule has 5 nitrogen and oxygen atoms in total. The van der Waals surface area contributed by atoms with Gasteiger partial charge in [0.2, 0.25) is 0 Å². The molecule has 0 saturated carbocycles. The van der Waals surface area contributed by atoms with Crippen LogP contribution in [0.3, 0.4) is 0 Å². The maximum atomic E-state index is 11.9. The van der Waals surface area contributed by atoms with Gasteiger partial charge in [-0.25, -0.2) is 4.98 Å². The minimum Gasteiger partial charge on any atom is -0.481 e. The van der Waals surface area contributed by atoms with E-state index in [2.05, 4.69) is 9.88 Å². The van der Waals surface area contributed by atoms with Crippen LogP contribution in [0.15, 0.2) is 30.3 Å². The zero-order valence-corrected chi connectivity index (χ0v) is 13.3. The van der Waals surface area contributed by atoms with E-state index >= 15 is 0 Å². The van der Waals surface area contributed by atoms with Crippen molar-refractivity contribution < 1.29 is 14.6 Å². The largest absolute Gasteiger partial charge is 0.481 e. The lowest BCUT2D eigenvalue weighted by molar-refractivity contribution is -0.157. The number of fused-ring (bicyclic) bond motifs is 2. The molecule has 0 bridgehead atoms. The zero-order chi connectivity index (χ0) is 16.0. The second kappa shape index (κ2) is 5.35. The number of rotatable bonds is 2. The highest BCUT2D eigenvalue weighted by molar-refractivity contribution is 6.31. The number of anilines is 1. The third kappa shape index (κ3) is 2.35. The average molecular weight is 333 g/mol. The van der Waals surface area contributed by atoms with E-state index in [1.54, 1.807) is 0 Å². The van der Waals surface area contributed by atoms with Gasteiger partial charge in [-0.1, -0.05) is 11.6 Å². The van der Waals surface area contributed by atoms with Crippen molar-refractivity contribution in [2.45, 2.75) is 6.42 Å². The van der Waals surface area contributed by atoms with Gasteiger partial charge < -0.3 is 14.7 Å². The van der Waals surface area contributed by atoms with Gasteiger partial charge in [0.25, 0.3) is 0 Å². The predicted octanol–water partition coefficient (Wildman–Crippen LogP) is 2.82. The number of benzene rings is 1. The van der Waals surface area contributed by atoms with Crippen molar-refractivity contribution in [2.75, 3.05) is 31.2 Å². The van der Waals surface area contributed by atoms with Gasteiger partial charge in [0.1, 0.15) is 5.82 Å². The molecule has 0 spiro atoms. The first-order chi connectivity index (χ1) is 11.1. The van der Waals surface area contributed by atoms with Crippen molar-refractivity contribution in [2.24, 2.45) is 11.3 Å². The number of nitrogens with zero attached hydrogens (tertiary/aromatic N) is 2. The van der Waals surface area contributed by atoms with Crippen molar-refractivity contribution in [3.05, 3.63) is 35.4 Å². The predicted molar refractivity (Wildman–Crippen MR) is 88.0 cm³/mol. The van der Waals surface area contributed by atoms with Crippen LogP contribution in [0.4, 0.5) is 5.82 Å². The number of carboxylic acids is 1. The van der Waals surface area contributed by atoms with E-state index in [1.165, 1.54) is 0 Å². The minimum atomic E-state index is -0.721. The maximum absolute atomic E-state index is 11.9. The topological polar surface area (TPSA) is 62.7 Å². The Hall–Kier alpha value is -1.85. The third-order valence-corrected chi connectivity index (χ3v) is 5.33. The molecule has 0 unspecified atom stereocenters. The summed E-state index contributed by atoms with van der Waals surface area (Å²) in [6, 6.07) is 9.50. The summed E-state index contributed by atoms with van der Waals surface area (Å²) in [5.41, 5.74) is 0.150. The molecule has 2 aliphatic heterocycles. The Morgan fingerprint density at radius 1 is 1.39 bits per heavy atom. The Morgan fingerprint density at radius 2 is 2.26 bits per heavy atom. The molecule has 0 amide bonds. The lowest BCUT2D eigenvalue weighted by Crippen LogP contribution is -2.44. The molecule has 4 rings (SSSR count). The summed E-state index contributed by atoms with van der Waals surface area (Å²) in [6.07, 6.45) is 0.562. The fraction of sp³-hybridized carbons (Fsp3) is 0.412. The highest BCUT2D eigenvalue weighted by Gasteiger charge is 2.54. The van der Waals surface area contributed by atoms with Crippen LogP contribution in [0, 0.1) is 11.3 Å². The molecule has 1 aromatic carbocycles. The standard InChI is InChI=1S/C17H17ClN2O3/c18-13-2-3-14-11(7-13)1-4-15(19-14)20-8-12-9-23-6-5-17(12,10-20)16(21)22/h1-4,7,12H,5-6,8-10H2,(H,21,22)/t12-,17+/m1/s1. The number of hydrogen-bond acceptors (Lipinski definition) is 4. The molecule has 2 aromatic rings. The Morgan fingerprint density at radius 3 is 3.04 bits per heavy atom. The Balaban J connectivity index is 1.69. The van der Waals surface area contributed by atoms with Gasteiger partial charge in [0.05, 0.1) is 17.5 Å². The van der Waals surface area contributed by atoms with E-state index in [0.29, 0.717) is 37.7 Å². The third-order valence-electron chi connectivity index (χ3n) is 5.09. The molecule has 6 heteroatoms. The maximum Gasteiger partial charge on any atom is 0.311 e. The van der Waals surface area contributed by atoms with E-state index in [1.807, 2.05) is 30.3 Å². The first-order valence-electron chi connectivity index (χ1n) is 7.71. The quantitative estimate of drug-likeness (QED) is 0.916. The molecule has 1 aromatic heterocycles. The lowest BCUT2D eigenvalue weighted by atomic mass is 9.74. The van der Waals surface area contributed by atoms with Crippen LogP contribution in [0.2, 0.25) is 5.02 Å². The van der Waals surface area contributed by atoms with E-state index < -0.39 is 11.4 Å². The molecule has 1 N–H and O–H groups in total. The summed E-state index contributed by atoms with van der Waals surface area (Å²) in [5, 5.41) is 11.4. The zero-order valence-electron chi connectivity index (χ0n) is 12.5. The van der Waals surface area contributed by atoms with Crippen molar-refractivity contribution in [1.82, 2.24) is 4.98 Å². The number of hydrogen-bond donors (Lipinski definition) is 1. The summed E-state index contributed by atoms with van der Waals surface area (Å²) >= 11 is 6.00. The molecule has 3 heterocycles. The summed E-state index contributed by atoms with van der Waals surface area (Å²) in [4.78, 5) is 18.6. The molecule has 2 saturated heterocycles. The minimum absolute atomic E-state index is 0.0106. The van der Waals surface area contributed by atoms with Crippen molar-refractivity contribution in [3.63, 3.8) is 0 Å². The Bertz CT molecular complexity index is 782. The van der Waals surface area contributed by atoms with Gasteiger partial charge in [-0.15, -0.1) is 0 Å². The molecule has 23 heavy (non-hydrogen) atoms. The first-order valence-corrected chi connectivity index (χ1v) is 8.09. The number of carboxylic acid groups (broad SMARTS) is 1. The summed E-state index contributed by atoms with van der Waals surface area (Å²) in [7, 11) is 0. The van der Waals surface area contributed by atoms with Gasteiger partial charge in [-0.3, -0.25) is 4.79 Å². The van der Waals surface area contributed by atoms with E-state index in [4.69, 9.17) is 16.3 Å². The van der Waals surface area contributed by atoms with Gasteiger partial charge >= 0.3 is 5.97 Å². The molecule has 120 valence electrons. The lowest BCUT2D eigenvalue weighted by Gasteiger charge is -2.33. The fourth-order valence-corrected chi connectivity index (χ4v) is 3.92. The van der Waals surface area contributed by atoms with Crippen LogP contribution in [0.5, 0.6) is 0 Å². The van der Waals surface area contributed by atoms with Gasteiger partial charge in [-0.2, -0.15) is 0 Å². The number of pyridine rings is 1. The Labute approximate surface area is 138 Å². The van der Waals surface area contributed by atoms with Crippen molar-refractivity contribution in [3.8, 4) is 0 Å². The number of halogens is 1. The van der Waals surface area contributed by atoms with Crippen LogP contribution >= 0.6 is 11.6 Å². The number of ether oxygens (including phenoxy) is 1. The van der Waals surface area contributed by atoms with Crippen LogP contribution in [0.25, 0.3) is 10.9 Å². The molecule has 2 fully saturated rings. The fourth-order valence-electron chi connectivity index (χ4n) is 3.74. The molecular formula is C17H17ClN2O3. The summed E-state index contributed by atoms with van der Waals surface area (Å²) in [6.45, 7) is 2.17. The number of carbonyl (C=O) groups is 1. The normalized spacial score (nSPS) is 27.2. The second-order valence-electron chi connectivity index (χ2n) is 6.37. The second-order valence-corrected chi connectivity index (χ2v) is 6.81. The van der Waals surface area contributed by atoms with E-state index in [0.717, 1.165) is 16.7 Å². The van der Waals surface area contributed by atoms with Crippen LogP contribution in [0.1, 0.15) is 6.42 Å².